The van der Waals surface area contributed by atoms with Gasteiger partial charge in [-0.05, 0) is 59.9 Å². The lowest BCUT2D eigenvalue weighted by Crippen LogP contribution is -2.29. The molecule has 0 spiro atoms. The van der Waals surface area contributed by atoms with Crippen molar-refractivity contribution < 1.29 is 14.1 Å². The number of rotatable bonds is 5. The van der Waals surface area contributed by atoms with Crippen LogP contribution in [0.15, 0.2) is 33.3 Å². The first-order chi connectivity index (χ1) is 11.6. The molecule has 24 heavy (non-hydrogen) atoms. The van der Waals surface area contributed by atoms with Gasteiger partial charge in [0.05, 0.1) is 10.2 Å². The van der Waals surface area contributed by atoms with Crippen LogP contribution in [0.3, 0.4) is 0 Å². The van der Waals surface area contributed by atoms with Crippen LogP contribution in [0.1, 0.15) is 28.2 Å². The van der Waals surface area contributed by atoms with Gasteiger partial charge in [-0.25, -0.2) is 0 Å². The Bertz CT molecular complexity index is 732. The Morgan fingerprint density at radius 2 is 2.33 bits per heavy atom. The third-order valence-electron chi connectivity index (χ3n) is 4.13. The van der Waals surface area contributed by atoms with Gasteiger partial charge in [-0.2, -0.15) is 0 Å². The summed E-state index contributed by atoms with van der Waals surface area (Å²) in [5.74, 6) is 1.75. The number of nitrogens with two attached hydrogens (primary N) is 1. The molecule has 6 nitrogen and oxygen atoms in total. The lowest BCUT2D eigenvalue weighted by Gasteiger charge is -2.17. The van der Waals surface area contributed by atoms with E-state index in [-0.39, 0.29) is 12.5 Å². The van der Waals surface area contributed by atoms with Crippen molar-refractivity contribution in [2.24, 2.45) is 11.7 Å². The molecule has 1 fully saturated rings. The van der Waals surface area contributed by atoms with Crippen LogP contribution in [0.25, 0.3) is 0 Å². The lowest BCUT2D eigenvalue weighted by atomic mass is 10.1. The molecule has 1 aromatic heterocycles. The van der Waals surface area contributed by atoms with E-state index < -0.39 is 0 Å². The molecule has 1 saturated heterocycles. The van der Waals surface area contributed by atoms with E-state index in [0.29, 0.717) is 29.5 Å². The van der Waals surface area contributed by atoms with Crippen molar-refractivity contribution in [3.8, 4) is 5.75 Å². The van der Waals surface area contributed by atoms with Crippen molar-refractivity contribution >= 4 is 21.8 Å². The highest BCUT2D eigenvalue weighted by atomic mass is 79.9. The number of halogens is 1. The minimum Gasteiger partial charge on any atom is -0.484 e. The second-order valence-corrected chi connectivity index (χ2v) is 6.86. The van der Waals surface area contributed by atoms with E-state index in [4.69, 9.17) is 15.0 Å². The van der Waals surface area contributed by atoms with Gasteiger partial charge < -0.3 is 19.9 Å². The lowest BCUT2D eigenvalue weighted by molar-refractivity contribution is 0.0787. The van der Waals surface area contributed by atoms with Crippen molar-refractivity contribution in [2.75, 3.05) is 19.6 Å². The number of nitrogens with zero attached hydrogens (tertiary/aromatic N) is 2. The Hall–Kier alpha value is -1.86. The molecule has 2 N–H and O–H groups in total. The number of carbonyl (C=O) groups excluding carboxylic acids is 1. The molecule has 0 unspecified atom stereocenters. The maximum Gasteiger partial charge on any atom is 0.253 e. The fourth-order valence-electron chi connectivity index (χ4n) is 2.78. The number of amides is 1. The van der Waals surface area contributed by atoms with E-state index in [0.717, 1.165) is 29.7 Å². The first-order valence-corrected chi connectivity index (χ1v) is 8.70. The molecular weight excluding hydrogens is 374 g/mol. The summed E-state index contributed by atoms with van der Waals surface area (Å²) in [6, 6.07) is 7.19. The van der Waals surface area contributed by atoms with Crippen LogP contribution in [-0.2, 0) is 6.61 Å². The third-order valence-corrected chi connectivity index (χ3v) is 4.75. The Balaban J connectivity index is 1.64. The van der Waals surface area contributed by atoms with E-state index >= 15 is 0 Å². The fraction of sp³-hybridized carbons (Fsp3) is 0.412. The van der Waals surface area contributed by atoms with Crippen molar-refractivity contribution in [1.82, 2.24) is 10.1 Å². The summed E-state index contributed by atoms with van der Waals surface area (Å²) in [6.07, 6.45) is 0.973. The Kier molecular flexibility index (Phi) is 5.20. The van der Waals surface area contributed by atoms with Crippen LogP contribution in [0.4, 0.5) is 0 Å². The van der Waals surface area contributed by atoms with Crippen LogP contribution in [0, 0.1) is 12.8 Å². The number of likely N-dealkylation sites (tertiary alicyclic amines) is 1. The summed E-state index contributed by atoms with van der Waals surface area (Å²) in [5.41, 5.74) is 7.14. The van der Waals surface area contributed by atoms with Gasteiger partial charge in [0.2, 0.25) is 0 Å². The molecule has 7 heteroatoms. The van der Waals surface area contributed by atoms with E-state index in [1.165, 1.54) is 0 Å². The fourth-order valence-corrected chi connectivity index (χ4v) is 3.27. The number of aryl methyl sites for hydroxylation is 1. The number of carbonyl (C=O) groups is 1. The zero-order valence-corrected chi connectivity index (χ0v) is 15.1. The van der Waals surface area contributed by atoms with Gasteiger partial charge in [0, 0.05) is 24.7 Å². The van der Waals surface area contributed by atoms with Crippen molar-refractivity contribution in [1.29, 1.82) is 0 Å². The van der Waals surface area contributed by atoms with Crippen LogP contribution in [-0.4, -0.2) is 35.6 Å². The molecule has 1 atom stereocenters. The normalized spacial score (nSPS) is 17.3. The first kappa shape index (κ1) is 17.0. The van der Waals surface area contributed by atoms with Gasteiger partial charge in [0.15, 0.2) is 5.76 Å². The van der Waals surface area contributed by atoms with Crippen LogP contribution in [0.2, 0.25) is 0 Å². The summed E-state index contributed by atoms with van der Waals surface area (Å²) >= 11 is 3.47. The quantitative estimate of drug-likeness (QED) is 0.844. The number of benzene rings is 1. The van der Waals surface area contributed by atoms with Gasteiger partial charge in [-0.15, -0.1) is 0 Å². The molecule has 128 valence electrons. The molecule has 1 aromatic carbocycles. The third kappa shape index (κ3) is 3.79. The Labute approximate surface area is 149 Å². The molecule has 2 aromatic rings. The van der Waals surface area contributed by atoms with Gasteiger partial charge in [0.25, 0.3) is 5.91 Å². The van der Waals surface area contributed by atoms with Gasteiger partial charge in [-0.1, -0.05) is 5.16 Å². The molecule has 0 aliphatic carbocycles. The highest BCUT2D eigenvalue weighted by Crippen LogP contribution is 2.28. The summed E-state index contributed by atoms with van der Waals surface area (Å²) in [5, 5.41) is 3.82. The predicted octanol–water partition coefficient (Wildman–Crippen LogP) is 2.75. The second-order valence-electron chi connectivity index (χ2n) is 6.01. The van der Waals surface area contributed by atoms with Gasteiger partial charge >= 0.3 is 0 Å². The smallest absolute Gasteiger partial charge is 0.253 e. The second kappa shape index (κ2) is 7.36. The zero-order chi connectivity index (χ0) is 17.1. The Morgan fingerprint density at radius 3 is 2.96 bits per heavy atom. The summed E-state index contributed by atoms with van der Waals surface area (Å²) in [4.78, 5) is 14.4. The van der Waals surface area contributed by atoms with E-state index in [1.54, 1.807) is 18.2 Å². The molecule has 0 radical (unpaired) electrons. The highest BCUT2D eigenvalue weighted by molar-refractivity contribution is 9.10. The van der Waals surface area contributed by atoms with Crippen molar-refractivity contribution in [2.45, 2.75) is 20.0 Å². The Morgan fingerprint density at radius 1 is 1.50 bits per heavy atom. The topological polar surface area (TPSA) is 81.6 Å². The molecule has 2 heterocycles. The minimum absolute atomic E-state index is 0.0315. The van der Waals surface area contributed by atoms with E-state index in [9.17, 15) is 4.79 Å². The van der Waals surface area contributed by atoms with E-state index in [1.807, 2.05) is 17.9 Å². The number of hydrogen-bond donors (Lipinski definition) is 1. The van der Waals surface area contributed by atoms with Crippen LogP contribution in [0.5, 0.6) is 5.75 Å². The van der Waals surface area contributed by atoms with Crippen LogP contribution >= 0.6 is 15.9 Å². The van der Waals surface area contributed by atoms with E-state index in [2.05, 4.69) is 21.1 Å². The first-order valence-electron chi connectivity index (χ1n) is 7.90. The number of aromatic nitrogens is 1. The maximum absolute atomic E-state index is 12.6. The average Bonchev–Trinajstić information content (AvgIpc) is 3.21. The highest BCUT2D eigenvalue weighted by Gasteiger charge is 2.26. The predicted molar refractivity (Wildman–Crippen MR) is 92.8 cm³/mol. The SMILES string of the molecule is Cc1cc(COc2ccc(C(=O)N3CC[C@@H](CN)C3)cc2Br)on1. The molecular formula is C17H20BrN3O3. The average molecular weight is 394 g/mol. The number of ether oxygens (including phenoxy) is 1. The van der Waals surface area contributed by atoms with Gasteiger partial charge in [-0.3, -0.25) is 4.79 Å². The molecule has 0 saturated carbocycles. The molecule has 0 bridgehead atoms. The summed E-state index contributed by atoms with van der Waals surface area (Å²) < 4.78 is 11.6. The zero-order valence-electron chi connectivity index (χ0n) is 13.5. The summed E-state index contributed by atoms with van der Waals surface area (Å²) in [6.45, 7) is 4.27. The standard InChI is InChI=1S/C17H20BrN3O3/c1-11-6-14(24-20-11)10-23-16-3-2-13(7-15(16)18)17(22)21-5-4-12(8-19)9-21/h2-3,6-7,12H,4-5,8-10,19H2,1H3/t12-/m0/s1. The summed E-state index contributed by atoms with van der Waals surface area (Å²) in [7, 11) is 0. The maximum atomic E-state index is 12.6. The van der Waals surface area contributed by atoms with Crippen molar-refractivity contribution in [3.63, 3.8) is 0 Å². The minimum atomic E-state index is 0.0315. The molecule has 1 aliphatic rings. The monoisotopic (exact) mass is 393 g/mol. The number of hydrogen-bond acceptors (Lipinski definition) is 5. The largest absolute Gasteiger partial charge is 0.484 e. The molecule has 1 amide bonds. The molecule has 3 rings (SSSR count). The van der Waals surface area contributed by atoms with Gasteiger partial charge in [0.1, 0.15) is 12.4 Å². The molecule has 1 aliphatic heterocycles. The van der Waals surface area contributed by atoms with Crippen LogP contribution < -0.4 is 10.5 Å². The van der Waals surface area contributed by atoms with Crippen molar-refractivity contribution in [3.05, 3.63) is 45.8 Å².